The third-order valence-corrected chi connectivity index (χ3v) is 3.26. The molecule has 1 amide bonds. The zero-order valence-corrected chi connectivity index (χ0v) is 11.5. The molecule has 0 aromatic carbocycles. The van der Waals surface area contributed by atoms with E-state index in [9.17, 15) is 4.79 Å². The number of hydrogen-bond donors (Lipinski definition) is 1. The van der Waals surface area contributed by atoms with E-state index in [1.165, 1.54) is 0 Å². The summed E-state index contributed by atoms with van der Waals surface area (Å²) in [6, 6.07) is 2.05. The molecule has 0 saturated carbocycles. The Morgan fingerprint density at radius 2 is 2.33 bits per heavy atom. The van der Waals surface area contributed by atoms with Gasteiger partial charge < -0.3 is 10.1 Å². The van der Waals surface area contributed by atoms with Gasteiger partial charge in [-0.15, -0.1) is 0 Å². The predicted molar refractivity (Wildman–Crippen MR) is 68.8 cm³/mol. The van der Waals surface area contributed by atoms with Crippen molar-refractivity contribution in [1.82, 2.24) is 10.2 Å². The van der Waals surface area contributed by atoms with E-state index in [4.69, 9.17) is 10.00 Å². The van der Waals surface area contributed by atoms with Gasteiger partial charge in [-0.25, -0.2) is 0 Å². The van der Waals surface area contributed by atoms with Gasteiger partial charge in [-0.3, -0.25) is 9.69 Å². The molecule has 0 spiro atoms. The van der Waals surface area contributed by atoms with E-state index in [1.807, 2.05) is 19.9 Å². The summed E-state index contributed by atoms with van der Waals surface area (Å²) in [4.78, 5) is 14.1. The number of nitriles is 1. The average molecular weight is 253 g/mol. The van der Waals surface area contributed by atoms with Crippen molar-refractivity contribution in [3.05, 3.63) is 0 Å². The minimum absolute atomic E-state index is 0.0363. The highest BCUT2D eigenvalue weighted by Gasteiger charge is 2.24. The first kappa shape index (κ1) is 14.9. The molecule has 0 radical (unpaired) electrons. The molecule has 2 unspecified atom stereocenters. The Bertz CT molecular complexity index is 312. The molecule has 0 aromatic rings. The molecule has 102 valence electrons. The van der Waals surface area contributed by atoms with Crippen LogP contribution in [0.3, 0.4) is 0 Å². The van der Waals surface area contributed by atoms with Gasteiger partial charge >= 0.3 is 0 Å². The van der Waals surface area contributed by atoms with E-state index in [2.05, 4.69) is 17.1 Å². The smallest absolute Gasteiger partial charge is 0.237 e. The van der Waals surface area contributed by atoms with Crippen molar-refractivity contribution in [1.29, 1.82) is 5.26 Å². The quantitative estimate of drug-likeness (QED) is 0.780. The maximum absolute atomic E-state index is 11.8. The van der Waals surface area contributed by atoms with Crippen LogP contribution in [0.15, 0.2) is 0 Å². The van der Waals surface area contributed by atoms with Gasteiger partial charge in [-0.2, -0.15) is 5.26 Å². The lowest BCUT2D eigenvalue weighted by Crippen LogP contribution is -2.48. The van der Waals surface area contributed by atoms with E-state index in [0.717, 1.165) is 19.6 Å². The fraction of sp³-hybridized carbons (Fsp3) is 0.846. The van der Waals surface area contributed by atoms with Gasteiger partial charge in [-0.1, -0.05) is 20.8 Å². The molecule has 1 aliphatic heterocycles. The molecule has 5 nitrogen and oxygen atoms in total. The van der Waals surface area contributed by atoms with E-state index < -0.39 is 5.92 Å². The summed E-state index contributed by atoms with van der Waals surface area (Å²) in [5.74, 6) is -0.727. The van der Waals surface area contributed by atoms with Crippen molar-refractivity contribution >= 4 is 5.91 Å². The summed E-state index contributed by atoms with van der Waals surface area (Å²) in [5.41, 5.74) is 0. The maximum Gasteiger partial charge on any atom is 0.237 e. The third-order valence-electron chi connectivity index (χ3n) is 3.26. The second-order valence-electron chi connectivity index (χ2n) is 4.98. The Morgan fingerprint density at radius 1 is 1.61 bits per heavy atom. The van der Waals surface area contributed by atoms with E-state index in [-0.39, 0.29) is 17.9 Å². The number of likely N-dealkylation sites (N-methyl/N-ethyl adjacent to an activating group) is 1. The number of hydrogen-bond acceptors (Lipinski definition) is 4. The second-order valence-corrected chi connectivity index (χ2v) is 4.98. The SMILES string of the molecule is CCN1CCOC(CNC(=O)C(C#N)C(C)C)C1. The monoisotopic (exact) mass is 253 g/mol. The lowest BCUT2D eigenvalue weighted by atomic mass is 9.96. The van der Waals surface area contributed by atoms with Gasteiger partial charge in [0.15, 0.2) is 0 Å². The number of carbonyl (C=O) groups excluding carboxylic acids is 1. The van der Waals surface area contributed by atoms with Crippen molar-refractivity contribution in [3.8, 4) is 6.07 Å². The van der Waals surface area contributed by atoms with Crippen LogP contribution in [-0.2, 0) is 9.53 Å². The maximum atomic E-state index is 11.8. The number of ether oxygens (including phenoxy) is 1. The van der Waals surface area contributed by atoms with Gasteiger partial charge in [0, 0.05) is 19.6 Å². The first-order valence-corrected chi connectivity index (χ1v) is 6.59. The second kappa shape index (κ2) is 7.34. The molecule has 0 bridgehead atoms. The number of amides is 1. The van der Waals surface area contributed by atoms with Crippen molar-refractivity contribution in [3.63, 3.8) is 0 Å². The third kappa shape index (κ3) is 4.28. The Hall–Kier alpha value is -1.12. The van der Waals surface area contributed by atoms with E-state index >= 15 is 0 Å². The van der Waals surface area contributed by atoms with Crippen LogP contribution in [0.5, 0.6) is 0 Å². The largest absolute Gasteiger partial charge is 0.374 e. The minimum atomic E-state index is -0.573. The molecule has 1 fully saturated rings. The van der Waals surface area contributed by atoms with Crippen LogP contribution in [0, 0.1) is 23.2 Å². The highest BCUT2D eigenvalue weighted by atomic mass is 16.5. The summed E-state index contributed by atoms with van der Waals surface area (Å²) in [7, 11) is 0. The van der Waals surface area contributed by atoms with Gasteiger partial charge in [0.1, 0.15) is 5.92 Å². The van der Waals surface area contributed by atoms with Gasteiger partial charge in [0.2, 0.25) is 5.91 Å². The van der Waals surface area contributed by atoms with E-state index in [0.29, 0.717) is 13.2 Å². The van der Waals surface area contributed by atoms with Crippen molar-refractivity contribution < 1.29 is 9.53 Å². The van der Waals surface area contributed by atoms with Crippen LogP contribution in [0.25, 0.3) is 0 Å². The normalized spacial score (nSPS) is 22.5. The molecule has 0 aliphatic carbocycles. The Balaban J connectivity index is 2.36. The van der Waals surface area contributed by atoms with Crippen LogP contribution < -0.4 is 5.32 Å². The number of nitrogens with zero attached hydrogens (tertiary/aromatic N) is 2. The predicted octanol–water partition coefficient (Wildman–Crippen LogP) is 0.619. The summed E-state index contributed by atoms with van der Waals surface area (Å²) < 4.78 is 5.59. The standard InChI is InChI=1S/C13H23N3O2/c1-4-16-5-6-18-11(9-16)8-15-13(17)12(7-14)10(2)3/h10-12H,4-6,8-9H2,1-3H3,(H,15,17). The van der Waals surface area contributed by atoms with Crippen LogP contribution in [0.1, 0.15) is 20.8 Å². The molecule has 5 heteroatoms. The summed E-state index contributed by atoms with van der Waals surface area (Å²) in [5, 5.41) is 11.7. The van der Waals surface area contributed by atoms with Crippen LogP contribution in [0.2, 0.25) is 0 Å². The van der Waals surface area contributed by atoms with Crippen LogP contribution in [-0.4, -0.2) is 49.7 Å². The minimum Gasteiger partial charge on any atom is -0.374 e. The fourth-order valence-electron chi connectivity index (χ4n) is 2.03. The number of rotatable bonds is 5. The summed E-state index contributed by atoms with van der Waals surface area (Å²) in [6.45, 7) is 9.86. The molecule has 1 heterocycles. The molecular weight excluding hydrogens is 230 g/mol. The lowest BCUT2D eigenvalue weighted by molar-refractivity contribution is -0.125. The first-order chi connectivity index (χ1) is 8.58. The highest BCUT2D eigenvalue weighted by molar-refractivity contribution is 5.81. The van der Waals surface area contributed by atoms with Crippen LogP contribution in [0.4, 0.5) is 0 Å². The van der Waals surface area contributed by atoms with Crippen molar-refractivity contribution in [2.45, 2.75) is 26.9 Å². The molecule has 2 atom stereocenters. The Labute approximate surface area is 109 Å². The fourth-order valence-corrected chi connectivity index (χ4v) is 2.03. The Kier molecular flexibility index (Phi) is 6.10. The average Bonchev–Trinajstić information content (AvgIpc) is 2.37. The molecular formula is C13H23N3O2. The van der Waals surface area contributed by atoms with E-state index in [1.54, 1.807) is 0 Å². The summed E-state index contributed by atoms with van der Waals surface area (Å²) in [6.07, 6.45) is 0.0363. The lowest BCUT2D eigenvalue weighted by Gasteiger charge is -2.32. The zero-order chi connectivity index (χ0) is 13.5. The molecule has 1 N–H and O–H groups in total. The molecule has 1 rings (SSSR count). The van der Waals surface area contributed by atoms with Crippen LogP contribution >= 0.6 is 0 Å². The van der Waals surface area contributed by atoms with Crippen molar-refractivity contribution in [2.75, 3.05) is 32.8 Å². The van der Waals surface area contributed by atoms with Gasteiger partial charge in [0.05, 0.1) is 18.8 Å². The number of nitrogens with one attached hydrogen (secondary N) is 1. The molecule has 18 heavy (non-hydrogen) atoms. The molecule has 0 aromatic heterocycles. The van der Waals surface area contributed by atoms with Crippen molar-refractivity contribution in [2.24, 2.45) is 11.8 Å². The number of morpholine rings is 1. The molecule has 1 aliphatic rings. The van der Waals surface area contributed by atoms with Gasteiger partial charge in [-0.05, 0) is 12.5 Å². The zero-order valence-electron chi connectivity index (χ0n) is 11.5. The first-order valence-electron chi connectivity index (χ1n) is 6.59. The highest BCUT2D eigenvalue weighted by Crippen LogP contribution is 2.10. The number of carbonyl (C=O) groups is 1. The van der Waals surface area contributed by atoms with Gasteiger partial charge in [0.25, 0.3) is 0 Å². The topological polar surface area (TPSA) is 65.4 Å². The molecule has 1 saturated heterocycles. The Morgan fingerprint density at radius 3 is 2.89 bits per heavy atom. The summed E-state index contributed by atoms with van der Waals surface area (Å²) >= 11 is 0.